The average molecular weight is 339 g/mol. The number of benzene rings is 1. The molecule has 1 N–H and O–H groups in total. The minimum atomic E-state index is -0.276. The molecule has 0 fully saturated rings. The molecule has 1 aromatic carbocycles. The molecule has 1 heterocycles. The molecule has 0 aliphatic rings. The minimum absolute atomic E-state index is 0.193. The van der Waals surface area contributed by atoms with Gasteiger partial charge in [0.15, 0.2) is 0 Å². The Morgan fingerprint density at radius 1 is 1.25 bits per heavy atom. The van der Waals surface area contributed by atoms with Crippen molar-refractivity contribution in [2.45, 2.75) is 32.6 Å². The fourth-order valence-electron chi connectivity index (χ4n) is 1.88. The third-order valence-corrected chi connectivity index (χ3v) is 3.64. The predicted molar refractivity (Wildman–Crippen MR) is 80.5 cm³/mol. The summed E-state index contributed by atoms with van der Waals surface area (Å²) >= 11 is 3.29. The van der Waals surface area contributed by atoms with Gasteiger partial charge < -0.3 is 4.98 Å². The van der Waals surface area contributed by atoms with Crippen LogP contribution in [0.15, 0.2) is 33.5 Å². The lowest BCUT2D eigenvalue weighted by Crippen LogP contribution is -2.23. The Morgan fingerprint density at radius 2 is 1.85 bits per heavy atom. The summed E-state index contributed by atoms with van der Waals surface area (Å²) in [5.74, 6) is 0.302. The number of rotatable bonds is 2. The Morgan fingerprint density at radius 3 is 2.40 bits per heavy atom. The van der Waals surface area contributed by atoms with Crippen molar-refractivity contribution in [3.05, 3.63) is 62.0 Å². The quantitative estimate of drug-likeness (QED) is 0.909. The van der Waals surface area contributed by atoms with Crippen LogP contribution in [0.3, 0.4) is 0 Å². The summed E-state index contributed by atoms with van der Waals surface area (Å²) in [5, 5.41) is 0. The van der Waals surface area contributed by atoms with Crippen LogP contribution in [0.4, 0.5) is 4.39 Å². The van der Waals surface area contributed by atoms with Gasteiger partial charge in [-0.3, -0.25) is 4.79 Å². The molecule has 0 aliphatic carbocycles. The van der Waals surface area contributed by atoms with Crippen molar-refractivity contribution in [1.29, 1.82) is 0 Å². The minimum Gasteiger partial charge on any atom is -0.309 e. The summed E-state index contributed by atoms with van der Waals surface area (Å²) in [6.45, 7) is 6.00. The zero-order valence-corrected chi connectivity index (χ0v) is 13.2. The molecule has 0 bridgehead atoms. The molecule has 2 rings (SSSR count). The van der Waals surface area contributed by atoms with E-state index in [2.05, 4.69) is 25.9 Å². The van der Waals surface area contributed by atoms with E-state index in [1.165, 1.54) is 12.1 Å². The van der Waals surface area contributed by atoms with Gasteiger partial charge in [-0.25, -0.2) is 9.37 Å². The number of hydrogen-bond acceptors (Lipinski definition) is 2. The second-order valence-electron chi connectivity index (χ2n) is 5.73. The van der Waals surface area contributed by atoms with Crippen LogP contribution in [0.5, 0.6) is 0 Å². The maximum Gasteiger partial charge on any atom is 0.265 e. The highest BCUT2D eigenvalue weighted by molar-refractivity contribution is 9.10. The van der Waals surface area contributed by atoms with Crippen LogP contribution >= 0.6 is 15.9 Å². The first-order chi connectivity index (χ1) is 9.27. The molecule has 5 heteroatoms. The first kappa shape index (κ1) is 14.9. The normalized spacial score (nSPS) is 11.7. The number of hydrogen-bond donors (Lipinski definition) is 1. The van der Waals surface area contributed by atoms with E-state index in [9.17, 15) is 9.18 Å². The zero-order chi connectivity index (χ0) is 14.9. The molecular formula is C15H16BrFN2O. The van der Waals surface area contributed by atoms with Gasteiger partial charge in [-0.1, -0.05) is 32.9 Å². The maximum atomic E-state index is 12.9. The van der Waals surface area contributed by atoms with Crippen LogP contribution in [-0.4, -0.2) is 9.97 Å². The van der Waals surface area contributed by atoms with Crippen molar-refractivity contribution in [3.63, 3.8) is 0 Å². The summed E-state index contributed by atoms with van der Waals surface area (Å²) in [4.78, 5) is 19.2. The lowest BCUT2D eigenvalue weighted by atomic mass is 9.92. The van der Waals surface area contributed by atoms with E-state index in [0.29, 0.717) is 16.7 Å². The highest BCUT2D eigenvalue weighted by atomic mass is 79.9. The zero-order valence-electron chi connectivity index (χ0n) is 11.6. The lowest BCUT2D eigenvalue weighted by molar-refractivity contribution is 0.557. The number of nitrogens with one attached hydrogen (secondary N) is 1. The molecule has 3 nitrogen and oxygen atoms in total. The highest BCUT2D eigenvalue weighted by Gasteiger charge is 2.21. The van der Waals surface area contributed by atoms with Crippen molar-refractivity contribution >= 4 is 15.9 Å². The van der Waals surface area contributed by atoms with Crippen LogP contribution < -0.4 is 5.56 Å². The molecule has 0 spiro atoms. The van der Waals surface area contributed by atoms with Crippen LogP contribution in [0.2, 0.25) is 0 Å². The molecule has 0 amide bonds. The Kier molecular flexibility index (Phi) is 4.09. The SMILES string of the molecule is CC(C)(C)c1nc(Cc2ccc(F)cc2)[nH]c(=O)c1Br. The summed E-state index contributed by atoms with van der Waals surface area (Å²) in [6, 6.07) is 6.18. The van der Waals surface area contributed by atoms with Gasteiger partial charge in [0.1, 0.15) is 16.1 Å². The van der Waals surface area contributed by atoms with Gasteiger partial charge in [-0.2, -0.15) is 0 Å². The smallest absolute Gasteiger partial charge is 0.265 e. The van der Waals surface area contributed by atoms with E-state index in [4.69, 9.17) is 0 Å². The molecule has 0 atom stereocenters. The van der Waals surface area contributed by atoms with E-state index in [0.717, 1.165) is 11.3 Å². The van der Waals surface area contributed by atoms with Crippen molar-refractivity contribution in [1.82, 2.24) is 9.97 Å². The average Bonchev–Trinajstić information content (AvgIpc) is 2.35. The van der Waals surface area contributed by atoms with Gasteiger partial charge in [0.25, 0.3) is 5.56 Å². The number of aromatic nitrogens is 2. The number of halogens is 2. The molecule has 0 aliphatic heterocycles. The van der Waals surface area contributed by atoms with Crippen LogP contribution in [-0.2, 0) is 11.8 Å². The first-order valence-electron chi connectivity index (χ1n) is 6.31. The Hall–Kier alpha value is -1.49. The lowest BCUT2D eigenvalue weighted by Gasteiger charge is -2.19. The third kappa shape index (κ3) is 3.33. The van der Waals surface area contributed by atoms with Gasteiger partial charge in [-0.15, -0.1) is 0 Å². The third-order valence-electron chi connectivity index (χ3n) is 2.91. The van der Waals surface area contributed by atoms with E-state index in [1.807, 2.05) is 20.8 Å². The van der Waals surface area contributed by atoms with E-state index in [1.54, 1.807) is 12.1 Å². The van der Waals surface area contributed by atoms with Crippen LogP contribution in [0, 0.1) is 5.82 Å². The summed E-state index contributed by atoms with van der Waals surface area (Å²) < 4.78 is 13.3. The Labute approximate surface area is 125 Å². The molecule has 20 heavy (non-hydrogen) atoms. The standard InChI is InChI=1S/C15H16BrFN2O/c1-15(2,3)13-12(16)14(20)19-11(18-13)8-9-4-6-10(17)7-5-9/h4-7H,8H2,1-3H3,(H,18,19,20). The summed E-state index contributed by atoms with van der Waals surface area (Å²) in [6.07, 6.45) is 0.464. The second kappa shape index (κ2) is 5.48. The Bertz CT molecular complexity index is 672. The van der Waals surface area contributed by atoms with Crippen molar-refractivity contribution in [3.8, 4) is 0 Å². The molecule has 2 aromatic rings. The van der Waals surface area contributed by atoms with Crippen molar-refractivity contribution in [2.75, 3.05) is 0 Å². The maximum absolute atomic E-state index is 12.9. The largest absolute Gasteiger partial charge is 0.309 e. The fourth-order valence-corrected chi connectivity index (χ4v) is 2.66. The molecule has 0 unspecified atom stereocenters. The number of H-pyrrole nitrogens is 1. The topological polar surface area (TPSA) is 45.8 Å². The molecule has 0 saturated carbocycles. The van der Waals surface area contributed by atoms with E-state index < -0.39 is 0 Å². The van der Waals surface area contributed by atoms with Crippen LogP contribution in [0.25, 0.3) is 0 Å². The van der Waals surface area contributed by atoms with Gasteiger partial charge in [-0.05, 0) is 33.6 Å². The van der Waals surface area contributed by atoms with Gasteiger partial charge in [0.05, 0.1) is 5.69 Å². The first-order valence-corrected chi connectivity index (χ1v) is 7.10. The predicted octanol–water partition coefficient (Wildman–Crippen LogP) is 3.56. The molecule has 106 valence electrons. The van der Waals surface area contributed by atoms with Crippen molar-refractivity contribution in [2.24, 2.45) is 0 Å². The van der Waals surface area contributed by atoms with Gasteiger partial charge in [0.2, 0.25) is 0 Å². The fraction of sp³-hybridized carbons (Fsp3) is 0.333. The van der Waals surface area contributed by atoms with E-state index >= 15 is 0 Å². The molecule has 0 saturated heterocycles. The number of aromatic amines is 1. The van der Waals surface area contributed by atoms with Crippen LogP contribution in [0.1, 0.15) is 37.9 Å². The molecule has 0 radical (unpaired) electrons. The number of nitrogens with zero attached hydrogens (tertiary/aromatic N) is 1. The van der Waals surface area contributed by atoms with Gasteiger partial charge in [0, 0.05) is 11.8 Å². The van der Waals surface area contributed by atoms with Gasteiger partial charge >= 0.3 is 0 Å². The highest BCUT2D eigenvalue weighted by Crippen LogP contribution is 2.25. The Balaban J connectivity index is 2.41. The van der Waals surface area contributed by atoms with E-state index in [-0.39, 0.29) is 16.8 Å². The molecular weight excluding hydrogens is 323 g/mol. The van der Waals surface area contributed by atoms with Crippen molar-refractivity contribution < 1.29 is 4.39 Å². The monoisotopic (exact) mass is 338 g/mol. The second-order valence-corrected chi connectivity index (χ2v) is 6.52. The summed E-state index contributed by atoms with van der Waals surface area (Å²) in [7, 11) is 0. The molecule has 1 aromatic heterocycles. The summed E-state index contributed by atoms with van der Waals surface area (Å²) in [5.41, 5.74) is 1.20.